The van der Waals surface area contributed by atoms with Crippen LogP contribution < -0.4 is 5.43 Å². The van der Waals surface area contributed by atoms with Gasteiger partial charge in [-0.3, -0.25) is 14.5 Å². The molecule has 0 saturated carbocycles. The first-order valence-electron chi connectivity index (χ1n) is 9.44. The van der Waals surface area contributed by atoms with Crippen LogP contribution >= 0.6 is 0 Å². The number of benzene rings is 1. The average molecular weight is 372 g/mol. The van der Waals surface area contributed by atoms with Gasteiger partial charge in [0, 0.05) is 37.7 Å². The molecule has 1 aliphatic rings. The number of hydrogen-bond acceptors (Lipinski definition) is 6. The first-order valence-corrected chi connectivity index (χ1v) is 9.44. The van der Waals surface area contributed by atoms with Gasteiger partial charge in [-0.15, -0.1) is 0 Å². The van der Waals surface area contributed by atoms with Crippen molar-refractivity contribution in [2.24, 2.45) is 5.92 Å². The van der Waals surface area contributed by atoms with E-state index in [4.69, 9.17) is 9.15 Å². The molecular weight excluding hydrogens is 344 g/mol. The molecule has 0 amide bonds. The fourth-order valence-corrected chi connectivity index (χ4v) is 4.08. The van der Waals surface area contributed by atoms with Crippen LogP contribution in [0.4, 0.5) is 0 Å². The zero-order valence-corrected chi connectivity index (χ0v) is 16.3. The number of fused-ring (bicyclic) bond motifs is 1. The summed E-state index contributed by atoms with van der Waals surface area (Å²) < 4.78 is 10.4. The summed E-state index contributed by atoms with van der Waals surface area (Å²) in [4.78, 5) is 28.9. The Labute approximate surface area is 159 Å². The van der Waals surface area contributed by atoms with Gasteiger partial charge in [-0.25, -0.2) is 0 Å². The molecule has 0 unspecified atom stereocenters. The predicted molar refractivity (Wildman–Crippen MR) is 105 cm³/mol. The SMILES string of the molecule is COC(=O)CC[C@H]1CN(Cc2coc3ccccc3c2=O)CC[C@H]1N(C)C. The van der Waals surface area contributed by atoms with E-state index in [1.165, 1.54) is 7.11 Å². The maximum Gasteiger partial charge on any atom is 0.305 e. The van der Waals surface area contributed by atoms with Crippen LogP contribution in [0.5, 0.6) is 0 Å². The van der Waals surface area contributed by atoms with Crippen molar-refractivity contribution >= 4 is 16.9 Å². The lowest BCUT2D eigenvalue weighted by atomic mass is 9.87. The summed E-state index contributed by atoms with van der Waals surface area (Å²) in [6, 6.07) is 7.77. The first kappa shape index (κ1) is 19.6. The van der Waals surface area contributed by atoms with Crippen LogP contribution in [0.2, 0.25) is 0 Å². The third kappa shape index (κ3) is 4.57. The van der Waals surface area contributed by atoms with E-state index in [0.717, 1.165) is 25.9 Å². The zero-order valence-electron chi connectivity index (χ0n) is 16.3. The standard InChI is InChI=1S/C21H28N2O4/c1-22(2)18-10-11-23(12-15(18)8-9-20(24)26-3)13-16-14-27-19-7-5-4-6-17(19)21(16)25/h4-7,14-15,18H,8-13H2,1-3H3/t15-,18+/m0/s1. The molecular formula is C21H28N2O4. The number of para-hydroxylation sites is 1. The van der Waals surface area contributed by atoms with Crippen molar-refractivity contribution in [1.29, 1.82) is 0 Å². The molecule has 0 spiro atoms. The number of carbonyl (C=O) groups is 1. The van der Waals surface area contributed by atoms with E-state index in [1.54, 1.807) is 6.26 Å². The normalized spacial score (nSPS) is 20.9. The van der Waals surface area contributed by atoms with Gasteiger partial charge in [-0.2, -0.15) is 0 Å². The molecule has 1 fully saturated rings. The van der Waals surface area contributed by atoms with Gasteiger partial charge in [0.05, 0.1) is 18.8 Å². The smallest absolute Gasteiger partial charge is 0.305 e. The lowest BCUT2D eigenvalue weighted by Gasteiger charge is -2.41. The lowest BCUT2D eigenvalue weighted by Crippen LogP contribution is -2.49. The number of likely N-dealkylation sites (tertiary alicyclic amines) is 1. The molecule has 1 aromatic heterocycles. The van der Waals surface area contributed by atoms with Crippen LogP contribution in [0.15, 0.2) is 39.7 Å². The Morgan fingerprint density at radius 1 is 1.33 bits per heavy atom. The third-order valence-electron chi connectivity index (χ3n) is 5.53. The van der Waals surface area contributed by atoms with Crippen molar-refractivity contribution < 1.29 is 13.9 Å². The summed E-state index contributed by atoms with van der Waals surface area (Å²) in [5.74, 6) is 0.195. The van der Waals surface area contributed by atoms with Gasteiger partial charge in [0.25, 0.3) is 0 Å². The van der Waals surface area contributed by atoms with Crippen LogP contribution in [0.25, 0.3) is 11.0 Å². The molecule has 1 saturated heterocycles. The minimum Gasteiger partial charge on any atom is -0.469 e. The van der Waals surface area contributed by atoms with Crippen LogP contribution in [0.1, 0.15) is 24.8 Å². The largest absolute Gasteiger partial charge is 0.469 e. The van der Waals surface area contributed by atoms with E-state index in [-0.39, 0.29) is 11.4 Å². The third-order valence-corrected chi connectivity index (χ3v) is 5.53. The molecule has 3 rings (SSSR count). The highest BCUT2D eigenvalue weighted by Gasteiger charge is 2.31. The molecule has 1 aliphatic heterocycles. The summed E-state index contributed by atoms with van der Waals surface area (Å²) >= 11 is 0. The van der Waals surface area contributed by atoms with Gasteiger partial charge in [0.1, 0.15) is 5.58 Å². The second-order valence-electron chi connectivity index (χ2n) is 7.52. The average Bonchev–Trinajstić information content (AvgIpc) is 2.68. The van der Waals surface area contributed by atoms with Crippen molar-refractivity contribution in [2.75, 3.05) is 34.3 Å². The van der Waals surface area contributed by atoms with Crippen molar-refractivity contribution in [3.63, 3.8) is 0 Å². The summed E-state index contributed by atoms with van der Waals surface area (Å²) in [6.45, 7) is 2.35. The Balaban J connectivity index is 1.73. The molecule has 0 bridgehead atoms. The van der Waals surface area contributed by atoms with Crippen molar-refractivity contribution in [3.05, 3.63) is 46.3 Å². The molecule has 27 heavy (non-hydrogen) atoms. The molecule has 0 N–H and O–H groups in total. The van der Waals surface area contributed by atoms with Crippen LogP contribution in [-0.4, -0.2) is 56.1 Å². The number of nitrogens with zero attached hydrogens (tertiary/aromatic N) is 2. The Morgan fingerprint density at radius 2 is 2.11 bits per heavy atom. The highest BCUT2D eigenvalue weighted by atomic mass is 16.5. The second kappa shape index (κ2) is 8.67. The topological polar surface area (TPSA) is 63.0 Å². The highest BCUT2D eigenvalue weighted by molar-refractivity contribution is 5.76. The maximum absolute atomic E-state index is 12.8. The number of rotatable bonds is 6. The van der Waals surface area contributed by atoms with Crippen LogP contribution in [0, 0.1) is 5.92 Å². The van der Waals surface area contributed by atoms with Gasteiger partial charge in [-0.1, -0.05) is 12.1 Å². The Hall–Kier alpha value is -2.18. The van der Waals surface area contributed by atoms with Gasteiger partial charge >= 0.3 is 5.97 Å². The number of ether oxygens (including phenoxy) is 1. The summed E-state index contributed by atoms with van der Waals surface area (Å²) in [7, 11) is 5.60. The molecule has 2 aromatic rings. The first-order chi connectivity index (χ1) is 13.0. The molecule has 0 radical (unpaired) electrons. The molecule has 2 atom stereocenters. The molecule has 6 heteroatoms. The summed E-state index contributed by atoms with van der Waals surface area (Å²) in [6.07, 6.45) is 3.82. The fraction of sp³-hybridized carbons (Fsp3) is 0.524. The summed E-state index contributed by atoms with van der Waals surface area (Å²) in [5.41, 5.74) is 1.34. The minimum atomic E-state index is -0.167. The maximum atomic E-state index is 12.8. The summed E-state index contributed by atoms with van der Waals surface area (Å²) in [5, 5.41) is 0.625. The van der Waals surface area contributed by atoms with Gasteiger partial charge in [0.15, 0.2) is 5.43 Å². The molecule has 2 heterocycles. The quantitative estimate of drug-likeness (QED) is 0.726. The molecule has 0 aliphatic carbocycles. The van der Waals surface area contributed by atoms with E-state index >= 15 is 0 Å². The van der Waals surface area contributed by atoms with Crippen molar-refractivity contribution in [1.82, 2.24) is 9.80 Å². The second-order valence-corrected chi connectivity index (χ2v) is 7.52. The predicted octanol–water partition coefficient (Wildman–Crippen LogP) is 2.50. The Kier molecular flexibility index (Phi) is 6.29. The number of methoxy groups -OCH3 is 1. The van der Waals surface area contributed by atoms with E-state index in [1.807, 2.05) is 24.3 Å². The zero-order chi connectivity index (χ0) is 19.4. The van der Waals surface area contributed by atoms with E-state index in [0.29, 0.717) is 41.5 Å². The molecule has 1 aromatic carbocycles. The number of piperidine rings is 1. The van der Waals surface area contributed by atoms with Gasteiger partial charge < -0.3 is 14.1 Å². The molecule has 6 nitrogen and oxygen atoms in total. The number of carbonyl (C=O) groups excluding carboxylic acids is 1. The van der Waals surface area contributed by atoms with Crippen LogP contribution in [0.3, 0.4) is 0 Å². The van der Waals surface area contributed by atoms with Gasteiger partial charge in [0.2, 0.25) is 0 Å². The lowest BCUT2D eigenvalue weighted by molar-refractivity contribution is -0.141. The van der Waals surface area contributed by atoms with E-state index < -0.39 is 0 Å². The van der Waals surface area contributed by atoms with Gasteiger partial charge in [-0.05, 0) is 45.0 Å². The Bertz CT molecular complexity index is 845. The minimum absolute atomic E-state index is 0.0395. The highest BCUT2D eigenvalue weighted by Crippen LogP contribution is 2.26. The Morgan fingerprint density at radius 3 is 2.85 bits per heavy atom. The monoisotopic (exact) mass is 372 g/mol. The van der Waals surface area contributed by atoms with E-state index in [9.17, 15) is 9.59 Å². The van der Waals surface area contributed by atoms with Crippen molar-refractivity contribution in [3.8, 4) is 0 Å². The van der Waals surface area contributed by atoms with Crippen LogP contribution in [-0.2, 0) is 16.1 Å². The number of esters is 1. The van der Waals surface area contributed by atoms with Crippen molar-refractivity contribution in [2.45, 2.75) is 31.8 Å². The number of hydrogen-bond donors (Lipinski definition) is 0. The molecule has 146 valence electrons. The fourth-order valence-electron chi connectivity index (χ4n) is 4.08. The van der Waals surface area contributed by atoms with E-state index in [2.05, 4.69) is 23.9 Å².